The second kappa shape index (κ2) is 8.72. The normalized spacial score (nSPS) is 12.1. The molecule has 0 amide bonds. The summed E-state index contributed by atoms with van der Waals surface area (Å²) < 4.78 is 0. The van der Waals surface area contributed by atoms with Crippen LogP contribution in [0.4, 0.5) is 0 Å². The van der Waals surface area contributed by atoms with E-state index < -0.39 is 12.0 Å². The van der Waals surface area contributed by atoms with Gasteiger partial charge in [-0.2, -0.15) is 11.8 Å². The summed E-state index contributed by atoms with van der Waals surface area (Å²) in [5.74, 6) is -0.234. The Labute approximate surface area is 117 Å². The number of carboxylic acids is 1. The molecule has 0 saturated carbocycles. The van der Waals surface area contributed by atoms with Gasteiger partial charge in [0, 0.05) is 12.0 Å². The Morgan fingerprint density at radius 1 is 1.32 bits per heavy atom. The molecule has 0 unspecified atom stereocenters. The van der Waals surface area contributed by atoms with E-state index in [1.165, 1.54) is 0 Å². The summed E-state index contributed by atoms with van der Waals surface area (Å²) in [4.78, 5) is 22.7. The van der Waals surface area contributed by atoms with Gasteiger partial charge in [-0.25, -0.2) is 0 Å². The molecule has 1 aromatic rings. The fraction of sp³-hybridized carbons (Fsp3) is 0.429. The molecule has 0 heterocycles. The van der Waals surface area contributed by atoms with Crippen molar-refractivity contribution in [2.75, 3.05) is 18.6 Å². The quantitative estimate of drug-likeness (QED) is 0.630. The lowest BCUT2D eigenvalue weighted by atomic mass is 10.1. The van der Waals surface area contributed by atoms with Crippen molar-refractivity contribution in [3.8, 4) is 0 Å². The van der Waals surface area contributed by atoms with Crippen molar-refractivity contribution in [1.82, 2.24) is 0 Å². The van der Waals surface area contributed by atoms with Gasteiger partial charge < -0.3 is 15.2 Å². The molecule has 1 aromatic carbocycles. The maximum absolute atomic E-state index is 11.8. The van der Waals surface area contributed by atoms with E-state index in [0.29, 0.717) is 24.9 Å². The Bertz CT molecular complexity index is 408. The number of nitrogens with two attached hydrogens (primary N) is 1. The zero-order valence-corrected chi connectivity index (χ0v) is 11.8. The molecule has 104 valence electrons. The highest BCUT2D eigenvalue weighted by molar-refractivity contribution is 7.98. The van der Waals surface area contributed by atoms with Crippen LogP contribution in [0.5, 0.6) is 0 Å². The third-order valence-corrected chi connectivity index (χ3v) is 3.50. The molecule has 1 rings (SSSR count). The highest BCUT2D eigenvalue weighted by atomic mass is 32.2. The first-order valence-corrected chi connectivity index (χ1v) is 7.66. The fourth-order valence-electron chi connectivity index (χ4n) is 1.76. The molecule has 0 spiro atoms. The number of aliphatic carboxylic acids is 1. The van der Waals surface area contributed by atoms with Gasteiger partial charge in [-0.3, -0.25) is 4.79 Å². The number of hydrogen-bond donors (Lipinski definition) is 1. The highest BCUT2D eigenvalue weighted by Crippen LogP contribution is 2.01. The molecule has 1 atom stereocenters. The number of benzene rings is 1. The summed E-state index contributed by atoms with van der Waals surface area (Å²) in [5, 5.41) is 12.6. The van der Waals surface area contributed by atoms with Gasteiger partial charge in [0.1, 0.15) is 6.04 Å². The summed E-state index contributed by atoms with van der Waals surface area (Å²) >= 11 is 1.61. The van der Waals surface area contributed by atoms with Crippen LogP contribution in [0.3, 0.4) is 0 Å². The Kier molecular flexibility index (Phi) is 7.22. The van der Waals surface area contributed by atoms with E-state index in [0.717, 1.165) is 5.75 Å². The third-order valence-electron chi connectivity index (χ3n) is 2.85. The minimum atomic E-state index is -1.05. The number of Topliss-reactive ketones (excluding diaryl/α,β-unsaturated/α-hetero) is 1. The number of carbonyl (C=O) groups excluding carboxylic acids is 2. The lowest BCUT2D eigenvalue weighted by molar-refractivity contribution is -0.682. The van der Waals surface area contributed by atoms with Crippen molar-refractivity contribution >= 4 is 23.5 Å². The molecule has 0 radical (unpaired) electrons. The van der Waals surface area contributed by atoms with E-state index >= 15 is 0 Å². The smallest absolute Gasteiger partial charge is 0.168 e. The van der Waals surface area contributed by atoms with Crippen LogP contribution in [0, 0.1) is 0 Å². The molecule has 0 aromatic heterocycles. The second-order valence-corrected chi connectivity index (χ2v) is 5.26. The minimum absolute atomic E-state index is 0.0406. The van der Waals surface area contributed by atoms with E-state index in [9.17, 15) is 14.7 Å². The fourth-order valence-corrected chi connectivity index (χ4v) is 2.25. The van der Waals surface area contributed by atoms with Gasteiger partial charge in [-0.15, -0.1) is 0 Å². The van der Waals surface area contributed by atoms with Crippen LogP contribution in [-0.4, -0.2) is 36.3 Å². The van der Waals surface area contributed by atoms with Crippen LogP contribution >= 0.6 is 11.8 Å². The minimum Gasteiger partial charge on any atom is -0.544 e. The zero-order chi connectivity index (χ0) is 14.1. The molecular formula is C14H19NO3S. The Balaban J connectivity index is 2.35. The number of carboxylic acid groups (broad SMARTS) is 1. The highest BCUT2D eigenvalue weighted by Gasteiger charge is 2.14. The summed E-state index contributed by atoms with van der Waals surface area (Å²) in [6.07, 6.45) is 2.83. The topological polar surface area (TPSA) is 73.8 Å². The average molecular weight is 281 g/mol. The standard InChI is InChI=1S/C14H19NO3S/c1-19-10-8-12(14(17)18)15-9-7-13(16)11-5-3-2-4-6-11/h2-6,12,15H,7-10H2,1H3,(H,17,18)/t12-/m0/s1. The van der Waals surface area contributed by atoms with Crippen LogP contribution in [0.25, 0.3) is 0 Å². The molecule has 5 heteroatoms. The van der Waals surface area contributed by atoms with Crippen molar-refractivity contribution in [2.24, 2.45) is 0 Å². The van der Waals surface area contributed by atoms with E-state index in [2.05, 4.69) is 0 Å². The number of rotatable bonds is 9. The lowest BCUT2D eigenvalue weighted by Gasteiger charge is -2.15. The molecule has 0 aliphatic carbocycles. The first kappa shape index (κ1) is 15.7. The van der Waals surface area contributed by atoms with Crippen molar-refractivity contribution < 1.29 is 20.0 Å². The predicted molar refractivity (Wildman–Crippen MR) is 74.0 cm³/mol. The molecule has 2 N–H and O–H groups in total. The monoisotopic (exact) mass is 281 g/mol. The Morgan fingerprint density at radius 2 is 2.00 bits per heavy atom. The van der Waals surface area contributed by atoms with Gasteiger partial charge in [-0.05, 0) is 12.0 Å². The summed E-state index contributed by atoms with van der Waals surface area (Å²) in [6.45, 7) is 0.473. The predicted octanol–water partition coefficient (Wildman–Crippen LogP) is -0.306. The lowest BCUT2D eigenvalue weighted by Crippen LogP contribution is -2.93. The number of carbonyl (C=O) groups is 2. The number of hydrogen-bond acceptors (Lipinski definition) is 4. The van der Waals surface area contributed by atoms with Crippen LogP contribution in [0.2, 0.25) is 0 Å². The molecule has 0 fully saturated rings. The number of quaternary nitrogens is 1. The molecule has 0 aliphatic heterocycles. The second-order valence-electron chi connectivity index (χ2n) is 4.27. The van der Waals surface area contributed by atoms with Gasteiger partial charge in [0.2, 0.25) is 0 Å². The first-order chi connectivity index (χ1) is 9.15. The van der Waals surface area contributed by atoms with Gasteiger partial charge >= 0.3 is 0 Å². The molecule has 19 heavy (non-hydrogen) atoms. The number of ketones is 1. The van der Waals surface area contributed by atoms with Crippen molar-refractivity contribution in [3.63, 3.8) is 0 Å². The maximum atomic E-state index is 11.8. The van der Waals surface area contributed by atoms with Crippen molar-refractivity contribution in [3.05, 3.63) is 35.9 Å². The summed E-state index contributed by atoms with van der Waals surface area (Å²) in [7, 11) is 0. The SMILES string of the molecule is CSCC[C@H]([NH2+]CCC(=O)c1ccccc1)C(=O)[O-]. The zero-order valence-electron chi connectivity index (χ0n) is 11.0. The summed E-state index contributed by atoms with van der Waals surface area (Å²) in [5.41, 5.74) is 0.671. The third kappa shape index (κ3) is 5.89. The van der Waals surface area contributed by atoms with Gasteiger partial charge in [0.15, 0.2) is 5.78 Å². The van der Waals surface area contributed by atoms with Crippen LogP contribution in [0.1, 0.15) is 23.2 Å². The van der Waals surface area contributed by atoms with Crippen LogP contribution in [0.15, 0.2) is 30.3 Å². The molecular weight excluding hydrogens is 262 g/mol. The molecule has 0 aliphatic rings. The largest absolute Gasteiger partial charge is 0.544 e. The van der Waals surface area contributed by atoms with Gasteiger partial charge in [0.05, 0.1) is 18.9 Å². The van der Waals surface area contributed by atoms with E-state index in [1.807, 2.05) is 24.5 Å². The van der Waals surface area contributed by atoms with E-state index in [4.69, 9.17) is 0 Å². The Hall–Kier alpha value is -1.33. The number of thioether (sulfide) groups is 1. The van der Waals surface area contributed by atoms with Crippen molar-refractivity contribution in [2.45, 2.75) is 18.9 Å². The van der Waals surface area contributed by atoms with Crippen molar-refractivity contribution in [1.29, 1.82) is 0 Å². The molecule has 0 saturated heterocycles. The molecule has 4 nitrogen and oxygen atoms in total. The first-order valence-electron chi connectivity index (χ1n) is 6.26. The van der Waals surface area contributed by atoms with Gasteiger partial charge in [0.25, 0.3) is 0 Å². The summed E-state index contributed by atoms with van der Waals surface area (Å²) in [6, 6.07) is 8.48. The maximum Gasteiger partial charge on any atom is 0.168 e. The Morgan fingerprint density at radius 3 is 2.58 bits per heavy atom. The van der Waals surface area contributed by atoms with E-state index in [-0.39, 0.29) is 5.78 Å². The van der Waals surface area contributed by atoms with Gasteiger partial charge in [-0.1, -0.05) is 30.3 Å². The van der Waals surface area contributed by atoms with Crippen LogP contribution < -0.4 is 10.4 Å². The average Bonchev–Trinajstić information content (AvgIpc) is 2.43. The molecule has 0 bridgehead atoms. The van der Waals surface area contributed by atoms with Crippen LogP contribution in [-0.2, 0) is 4.79 Å². The van der Waals surface area contributed by atoms with E-state index in [1.54, 1.807) is 29.2 Å².